The van der Waals surface area contributed by atoms with Crippen molar-refractivity contribution in [1.82, 2.24) is 5.32 Å². The van der Waals surface area contributed by atoms with E-state index in [1.165, 1.54) is 11.8 Å². The summed E-state index contributed by atoms with van der Waals surface area (Å²) in [6.45, 7) is 1.84. The number of carbonyl (C=O) groups is 3. The Balaban J connectivity index is 1.41. The molecular formula is C31H27N3O3S. The molecule has 0 aliphatic heterocycles. The van der Waals surface area contributed by atoms with Gasteiger partial charge in [0.2, 0.25) is 5.91 Å². The Morgan fingerprint density at radius 3 is 1.87 bits per heavy atom. The smallest absolute Gasteiger partial charge is 0.272 e. The molecule has 190 valence electrons. The van der Waals surface area contributed by atoms with E-state index < -0.39 is 5.91 Å². The minimum atomic E-state index is -0.450. The van der Waals surface area contributed by atoms with Gasteiger partial charge in [-0.05, 0) is 67.1 Å². The van der Waals surface area contributed by atoms with Crippen molar-refractivity contribution in [2.75, 3.05) is 10.6 Å². The van der Waals surface area contributed by atoms with Crippen molar-refractivity contribution in [1.29, 1.82) is 0 Å². The van der Waals surface area contributed by atoms with E-state index in [1.54, 1.807) is 42.5 Å². The van der Waals surface area contributed by atoms with Crippen LogP contribution in [0.3, 0.4) is 0 Å². The van der Waals surface area contributed by atoms with Crippen LogP contribution in [-0.4, -0.2) is 23.0 Å². The number of amides is 3. The lowest BCUT2D eigenvalue weighted by molar-refractivity contribution is -0.115. The van der Waals surface area contributed by atoms with E-state index in [4.69, 9.17) is 0 Å². The normalized spacial score (nSPS) is 11.8. The molecule has 7 heteroatoms. The molecule has 0 fully saturated rings. The molecule has 3 N–H and O–H groups in total. The summed E-state index contributed by atoms with van der Waals surface area (Å²) in [4.78, 5) is 39.3. The molecule has 0 saturated heterocycles. The molecule has 0 aliphatic carbocycles. The summed E-state index contributed by atoms with van der Waals surface area (Å²) in [5, 5.41) is 8.16. The number of carbonyl (C=O) groups excluding carboxylic acids is 3. The fourth-order valence-electron chi connectivity index (χ4n) is 3.50. The summed E-state index contributed by atoms with van der Waals surface area (Å²) in [6, 6.07) is 34.6. The first-order valence-electron chi connectivity index (χ1n) is 12.0. The van der Waals surface area contributed by atoms with E-state index in [0.717, 1.165) is 16.1 Å². The molecule has 0 spiro atoms. The van der Waals surface area contributed by atoms with Gasteiger partial charge in [0.1, 0.15) is 5.70 Å². The summed E-state index contributed by atoms with van der Waals surface area (Å²) in [6.07, 6.45) is 1.63. The van der Waals surface area contributed by atoms with Gasteiger partial charge in [-0.1, -0.05) is 66.7 Å². The maximum Gasteiger partial charge on any atom is 0.272 e. The van der Waals surface area contributed by atoms with E-state index in [0.29, 0.717) is 11.3 Å². The summed E-state index contributed by atoms with van der Waals surface area (Å²) < 4.78 is 0. The van der Waals surface area contributed by atoms with Crippen molar-refractivity contribution < 1.29 is 14.4 Å². The number of hydrogen-bond acceptors (Lipinski definition) is 4. The maximum absolute atomic E-state index is 13.2. The number of benzene rings is 4. The zero-order valence-electron chi connectivity index (χ0n) is 20.8. The van der Waals surface area contributed by atoms with Crippen molar-refractivity contribution in [3.63, 3.8) is 0 Å². The molecule has 1 atom stereocenters. The summed E-state index contributed by atoms with van der Waals surface area (Å²) in [5.74, 6) is -0.921. The zero-order chi connectivity index (χ0) is 26.7. The average molecular weight is 522 g/mol. The lowest BCUT2D eigenvalue weighted by Crippen LogP contribution is -2.30. The molecule has 6 nitrogen and oxygen atoms in total. The summed E-state index contributed by atoms with van der Waals surface area (Å²) >= 11 is 1.42. The second-order valence-corrected chi connectivity index (χ2v) is 9.80. The van der Waals surface area contributed by atoms with Crippen LogP contribution in [0.4, 0.5) is 11.4 Å². The van der Waals surface area contributed by atoms with E-state index in [9.17, 15) is 14.4 Å². The first kappa shape index (κ1) is 26.4. The fraction of sp³-hybridized carbons (Fsp3) is 0.0645. The van der Waals surface area contributed by atoms with Crippen LogP contribution in [-0.2, 0) is 9.59 Å². The van der Waals surface area contributed by atoms with Gasteiger partial charge in [0.25, 0.3) is 11.8 Å². The predicted octanol–water partition coefficient (Wildman–Crippen LogP) is 6.22. The van der Waals surface area contributed by atoms with Gasteiger partial charge in [0.15, 0.2) is 0 Å². The van der Waals surface area contributed by atoms with Gasteiger partial charge in [-0.25, -0.2) is 0 Å². The van der Waals surface area contributed by atoms with E-state index in [-0.39, 0.29) is 22.8 Å². The highest BCUT2D eigenvalue weighted by molar-refractivity contribution is 8.00. The van der Waals surface area contributed by atoms with Crippen LogP contribution in [0.1, 0.15) is 22.8 Å². The molecule has 4 rings (SSSR count). The number of nitrogens with one attached hydrogen (secondary N) is 3. The first-order chi connectivity index (χ1) is 18.5. The molecule has 0 bridgehead atoms. The van der Waals surface area contributed by atoms with Gasteiger partial charge >= 0.3 is 0 Å². The van der Waals surface area contributed by atoms with Gasteiger partial charge in [0.05, 0.1) is 5.25 Å². The van der Waals surface area contributed by atoms with Crippen LogP contribution in [0.25, 0.3) is 6.08 Å². The topological polar surface area (TPSA) is 87.3 Å². The van der Waals surface area contributed by atoms with Crippen molar-refractivity contribution in [3.05, 3.63) is 132 Å². The quantitative estimate of drug-likeness (QED) is 0.180. The van der Waals surface area contributed by atoms with Crippen molar-refractivity contribution in [2.45, 2.75) is 17.1 Å². The number of rotatable bonds is 9. The molecule has 4 aromatic rings. The van der Waals surface area contributed by atoms with Gasteiger partial charge in [-0.2, -0.15) is 0 Å². The first-order valence-corrected chi connectivity index (χ1v) is 12.9. The third-order valence-electron chi connectivity index (χ3n) is 5.47. The average Bonchev–Trinajstić information content (AvgIpc) is 2.95. The molecule has 3 amide bonds. The number of para-hydroxylation sites is 1. The van der Waals surface area contributed by atoms with Crippen LogP contribution in [0.2, 0.25) is 0 Å². The Morgan fingerprint density at radius 1 is 0.684 bits per heavy atom. The second-order valence-electron chi connectivity index (χ2n) is 8.38. The van der Waals surface area contributed by atoms with Crippen LogP contribution >= 0.6 is 11.8 Å². The molecule has 0 saturated carbocycles. The standard InChI is InChI=1S/C31H27N3O3S/c1-22(29(35)32-25-15-9-4-10-16-25)38-27-19-17-26(18-20-27)33-31(37)28(21-23-11-5-2-6-12-23)34-30(36)24-13-7-3-8-14-24/h2-22H,1H3,(H,32,35)(H,33,37)(H,34,36)/b28-21-. The Labute approximate surface area is 226 Å². The van der Waals surface area contributed by atoms with E-state index >= 15 is 0 Å². The number of hydrogen-bond donors (Lipinski definition) is 3. The highest BCUT2D eigenvalue weighted by Crippen LogP contribution is 2.26. The summed E-state index contributed by atoms with van der Waals surface area (Å²) in [7, 11) is 0. The molecule has 38 heavy (non-hydrogen) atoms. The van der Waals surface area contributed by atoms with Crippen LogP contribution in [0.5, 0.6) is 0 Å². The third kappa shape index (κ3) is 7.69. The van der Waals surface area contributed by atoms with E-state index in [1.807, 2.05) is 85.8 Å². The fourth-order valence-corrected chi connectivity index (χ4v) is 4.36. The molecule has 1 unspecified atom stereocenters. The maximum atomic E-state index is 13.2. The predicted molar refractivity (Wildman–Crippen MR) is 154 cm³/mol. The zero-order valence-corrected chi connectivity index (χ0v) is 21.6. The molecule has 0 aromatic heterocycles. The Kier molecular flexibility index (Phi) is 9.10. The van der Waals surface area contributed by atoms with Gasteiger partial charge < -0.3 is 16.0 Å². The van der Waals surface area contributed by atoms with Gasteiger partial charge in [-0.15, -0.1) is 11.8 Å². The minimum Gasteiger partial charge on any atom is -0.325 e. The molecule has 0 radical (unpaired) electrons. The lowest BCUT2D eigenvalue weighted by Gasteiger charge is -2.13. The third-order valence-corrected chi connectivity index (χ3v) is 6.59. The Hall–Kier alpha value is -4.62. The highest BCUT2D eigenvalue weighted by Gasteiger charge is 2.17. The number of thioether (sulfide) groups is 1. The molecule has 4 aromatic carbocycles. The largest absolute Gasteiger partial charge is 0.325 e. The molecular weight excluding hydrogens is 494 g/mol. The van der Waals surface area contributed by atoms with Gasteiger partial charge in [0, 0.05) is 21.8 Å². The van der Waals surface area contributed by atoms with E-state index in [2.05, 4.69) is 16.0 Å². The minimum absolute atomic E-state index is 0.0940. The highest BCUT2D eigenvalue weighted by atomic mass is 32.2. The Bertz CT molecular complexity index is 1410. The number of anilines is 2. The summed E-state index contributed by atoms with van der Waals surface area (Å²) in [5.41, 5.74) is 2.66. The van der Waals surface area contributed by atoms with Crippen molar-refractivity contribution in [3.8, 4) is 0 Å². The van der Waals surface area contributed by atoms with Crippen molar-refractivity contribution in [2.24, 2.45) is 0 Å². The van der Waals surface area contributed by atoms with Crippen LogP contribution in [0.15, 0.2) is 126 Å². The Morgan fingerprint density at radius 2 is 1.24 bits per heavy atom. The van der Waals surface area contributed by atoms with Crippen molar-refractivity contribution >= 4 is 46.9 Å². The van der Waals surface area contributed by atoms with Gasteiger partial charge in [-0.3, -0.25) is 14.4 Å². The lowest BCUT2D eigenvalue weighted by atomic mass is 10.1. The molecule has 0 aliphatic rings. The monoisotopic (exact) mass is 521 g/mol. The second kappa shape index (κ2) is 13.1. The van der Waals surface area contributed by atoms with Crippen LogP contribution in [0, 0.1) is 0 Å². The SMILES string of the molecule is CC(Sc1ccc(NC(=O)/C(=C/c2ccccc2)NC(=O)c2ccccc2)cc1)C(=O)Nc1ccccc1. The molecule has 0 heterocycles. The van der Waals surface area contributed by atoms with Crippen LogP contribution < -0.4 is 16.0 Å².